The van der Waals surface area contributed by atoms with Crippen molar-refractivity contribution in [2.24, 2.45) is 0 Å². The number of aliphatic hydroxyl groups excluding tert-OH is 1. The van der Waals surface area contributed by atoms with E-state index >= 15 is 0 Å². The van der Waals surface area contributed by atoms with E-state index in [4.69, 9.17) is 31.7 Å². The molecule has 56 heavy (non-hydrogen) atoms. The molecule has 1 N–H and O–H groups in total. The SMILES string of the molecule is [C-]#[N+]c1cc(-c2nc(-c3cccc4c3CCC4O)no2)ccc1OC(C)C.[C-]#[N+]c1cc(-c2nc(-c3cccc4c3CC[C@H]4N(C)C)no2)ccc1OC(C)C. The number of fused-ring (bicyclic) bond motifs is 2. The van der Waals surface area contributed by atoms with Gasteiger partial charge < -0.3 is 28.5 Å². The van der Waals surface area contributed by atoms with Crippen molar-refractivity contribution in [3.63, 3.8) is 0 Å². The molecule has 0 saturated carbocycles. The van der Waals surface area contributed by atoms with E-state index in [-0.39, 0.29) is 12.2 Å². The first kappa shape index (κ1) is 38.0. The summed E-state index contributed by atoms with van der Waals surface area (Å²) in [7, 11) is 4.22. The molecule has 2 atom stereocenters. The third-order valence-corrected chi connectivity index (χ3v) is 9.81. The van der Waals surface area contributed by atoms with Crippen LogP contribution in [0.15, 0.2) is 81.8 Å². The van der Waals surface area contributed by atoms with Crippen LogP contribution in [0.3, 0.4) is 0 Å². The number of aliphatic hydroxyl groups is 1. The Morgan fingerprint density at radius 2 is 1.18 bits per heavy atom. The van der Waals surface area contributed by atoms with Gasteiger partial charge in [-0.2, -0.15) is 9.97 Å². The number of ether oxygens (including phenoxy) is 2. The molecule has 4 aromatic carbocycles. The number of benzene rings is 4. The Kier molecular flexibility index (Phi) is 11.0. The molecular weight excluding hydrogens is 707 g/mol. The van der Waals surface area contributed by atoms with Crippen LogP contribution < -0.4 is 9.47 Å². The maximum Gasteiger partial charge on any atom is 0.256 e. The van der Waals surface area contributed by atoms with E-state index in [1.165, 1.54) is 11.1 Å². The molecule has 0 bridgehead atoms. The van der Waals surface area contributed by atoms with Crippen molar-refractivity contribution in [1.29, 1.82) is 0 Å². The summed E-state index contributed by atoms with van der Waals surface area (Å²) in [5, 5.41) is 18.4. The Bertz CT molecular complexity index is 2450. The van der Waals surface area contributed by atoms with E-state index < -0.39 is 6.10 Å². The minimum Gasteiger partial charge on any atom is -0.502 e. The first-order valence-electron chi connectivity index (χ1n) is 18.7. The highest BCUT2D eigenvalue weighted by molar-refractivity contribution is 5.72. The maximum absolute atomic E-state index is 10.1. The first-order chi connectivity index (χ1) is 27.0. The molecule has 2 aliphatic rings. The van der Waals surface area contributed by atoms with E-state index in [1.807, 2.05) is 58.0 Å². The Morgan fingerprint density at radius 1 is 0.696 bits per heavy atom. The molecular formula is C44H43N7O5. The van der Waals surface area contributed by atoms with Gasteiger partial charge in [0.05, 0.1) is 31.5 Å². The molecule has 2 heterocycles. The molecule has 284 valence electrons. The summed E-state index contributed by atoms with van der Waals surface area (Å²) in [5.41, 5.74) is 8.76. The van der Waals surface area contributed by atoms with Crippen LogP contribution in [0.25, 0.3) is 55.4 Å². The summed E-state index contributed by atoms with van der Waals surface area (Å²) in [6, 6.07) is 23.1. The predicted octanol–water partition coefficient (Wildman–Crippen LogP) is 10.0. The van der Waals surface area contributed by atoms with Crippen LogP contribution >= 0.6 is 0 Å². The second-order valence-corrected chi connectivity index (χ2v) is 14.6. The Labute approximate surface area is 326 Å². The Hall–Kier alpha value is -6.34. The molecule has 1 unspecified atom stereocenters. The smallest absolute Gasteiger partial charge is 0.256 e. The third-order valence-electron chi connectivity index (χ3n) is 9.81. The van der Waals surface area contributed by atoms with Crippen LogP contribution in [0.2, 0.25) is 0 Å². The normalized spacial score (nSPS) is 15.6. The Morgan fingerprint density at radius 3 is 1.66 bits per heavy atom. The lowest BCUT2D eigenvalue weighted by Gasteiger charge is -2.20. The number of rotatable bonds is 9. The molecule has 12 nitrogen and oxygen atoms in total. The van der Waals surface area contributed by atoms with E-state index in [9.17, 15) is 5.11 Å². The van der Waals surface area contributed by atoms with Gasteiger partial charge in [0.1, 0.15) is 11.5 Å². The zero-order valence-electron chi connectivity index (χ0n) is 32.3. The van der Waals surface area contributed by atoms with Gasteiger partial charge in [0.25, 0.3) is 11.8 Å². The quantitative estimate of drug-likeness (QED) is 0.143. The van der Waals surface area contributed by atoms with Crippen LogP contribution in [0.4, 0.5) is 11.4 Å². The zero-order chi connectivity index (χ0) is 39.5. The first-order valence-corrected chi connectivity index (χ1v) is 18.7. The molecule has 0 aliphatic heterocycles. The van der Waals surface area contributed by atoms with Crippen molar-refractivity contribution in [3.05, 3.63) is 118 Å². The van der Waals surface area contributed by atoms with Crippen molar-refractivity contribution in [2.45, 2.75) is 77.7 Å². The van der Waals surface area contributed by atoms with Gasteiger partial charge in [-0.1, -0.05) is 46.7 Å². The van der Waals surface area contributed by atoms with Crippen molar-refractivity contribution in [2.75, 3.05) is 14.1 Å². The lowest BCUT2D eigenvalue weighted by atomic mass is 10.0. The van der Waals surface area contributed by atoms with Crippen LogP contribution in [0.1, 0.15) is 74.9 Å². The van der Waals surface area contributed by atoms with E-state index in [0.717, 1.165) is 41.5 Å². The number of hydrogen-bond donors (Lipinski definition) is 1. The van der Waals surface area contributed by atoms with Gasteiger partial charge in [0, 0.05) is 28.3 Å². The standard InChI is InChI=1S/C23H24N4O2.C21H19N3O3/c1-14(2)28-21-12-9-15(13-19(21)24-3)23-25-22(26-29-23)18-8-6-7-17-16(18)10-11-20(17)27(4)5;1-12(2)26-19-10-7-13(11-17(19)22-3)21-23-20(24-27-21)16-6-4-5-15-14(16)8-9-18(15)25/h6-9,12-14,20H,10-11H2,1-2,4-5H3;4-7,10-12,18,25H,8-9H2,1-2H3/t20-;/m1./s1. The number of nitrogens with zero attached hydrogens (tertiary/aromatic N) is 7. The van der Waals surface area contributed by atoms with Gasteiger partial charge in [-0.25, -0.2) is 9.69 Å². The Balaban J connectivity index is 0.000000172. The highest BCUT2D eigenvalue weighted by atomic mass is 16.5. The molecule has 0 spiro atoms. The van der Waals surface area contributed by atoms with E-state index in [0.29, 0.717) is 69.9 Å². The molecule has 0 fully saturated rings. The van der Waals surface area contributed by atoms with Crippen LogP contribution in [-0.2, 0) is 12.8 Å². The molecule has 2 aromatic heterocycles. The molecule has 0 amide bonds. The number of aromatic nitrogens is 4. The van der Waals surface area contributed by atoms with Gasteiger partial charge in [0.2, 0.25) is 23.0 Å². The minimum atomic E-state index is -0.430. The highest BCUT2D eigenvalue weighted by Gasteiger charge is 2.28. The third kappa shape index (κ3) is 7.76. The van der Waals surface area contributed by atoms with Crippen LogP contribution in [0.5, 0.6) is 11.5 Å². The topological polar surface area (TPSA) is 128 Å². The number of hydrogen-bond acceptors (Lipinski definition) is 10. The van der Waals surface area contributed by atoms with Crippen molar-refractivity contribution < 1.29 is 23.6 Å². The minimum absolute atomic E-state index is 0.00234. The van der Waals surface area contributed by atoms with Gasteiger partial charge >= 0.3 is 0 Å². The largest absolute Gasteiger partial charge is 0.502 e. The molecule has 12 heteroatoms. The van der Waals surface area contributed by atoms with Crippen molar-refractivity contribution >= 4 is 11.4 Å². The zero-order valence-corrected chi connectivity index (χ0v) is 32.3. The highest BCUT2D eigenvalue weighted by Crippen LogP contribution is 2.41. The summed E-state index contributed by atoms with van der Waals surface area (Å²) in [4.78, 5) is 18.5. The summed E-state index contributed by atoms with van der Waals surface area (Å²) >= 11 is 0. The fourth-order valence-electron chi connectivity index (χ4n) is 7.30. The summed E-state index contributed by atoms with van der Waals surface area (Å²) in [6.45, 7) is 22.5. The van der Waals surface area contributed by atoms with Crippen LogP contribution in [-0.4, -0.2) is 56.6 Å². The molecule has 0 saturated heterocycles. The lowest BCUT2D eigenvalue weighted by Crippen LogP contribution is -2.17. The monoisotopic (exact) mass is 749 g/mol. The van der Waals surface area contributed by atoms with Gasteiger partial charge in [-0.3, -0.25) is 0 Å². The molecule has 6 aromatic rings. The second kappa shape index (κ2) is 16.2. The molecule has 8 rings (SSSR count). The molecule has 0 radical (unpaired) electrons. The predicted molar refractivity (Wildman–Crippen MR) is 212 cm³/mol. The fraction of sp³-hybridized carbons (Fsp3) is 0.318. The second-order valence-electron chi connectivity index (χ2n) is 14.6. The van der Waals surface area contributed by atoms with Gasteiger partial charge in [-0.15, -0.1) is 0 Å². The fourth-order valence-corrected chi connectivity index (χ4v) is 7.30. The van der Waals surface area contributed by atoms with Crippen LogP contribution in [0, 0.1) is 13.1 Å². The van der Waals surface area contributed by atoms with Gasteiger partial charge in [0.15, 0.2) is 0 Å². The van der Waals surface area contributed by atoms with E-state index in [2.05, 4.69) is 67.2 Å². The van der Waals surface area contributed by atoms with Crippen molar-refractivity contribution in [1.82, 2.24) is 25.2 Å². The molecule has 2 aliphatic carbocycles. The van der Waals surface area contributed by atoms with Gasteiger partial charge in [-0.05, 0) is 126 Å². The summed E-state index contributed by atoms with van der Waals surface area (Å²) in [5.74, 6) is 2.93. The van der Waals surface area contributed by atoms with Crippen molar-refractivity contribution in [3.8, 4) is 57.2 Å². The maximum atomic E-state index is 10.1. The van der Waals surface area contributed by atoms with E-state index in [1.54, 1.807) is 24.3 Å². The lowest BCUT2D eigenvalue weighted by molar-refractivity contribution is 0.180. The summed E-state index contributed by atoms with van der Waals surface area (Å²) < 4.78 is 22.3. The average molecular weight is 750 g/mol. The average Bonchev–Trinajstić information content (AvgIpc) is 4.02. The summed E-state index contributed by atoms with van der Waals surface area (Å²) in [6.07, 6.45) is 3.16.